The Labute approximate surface area is 146 Å². The van der Waals surface area contributed by atoms with E-state index in [0.717, 1.165) is 61.0 Å². The van der Waals surface area contributed by atoms with Crippen molar-refractivity contribution in [1.82, 2.24) is 10.6 Å². The highest BCUT2D eigenvalue weighted by Crippen LogP contribution is 2.25. The lowest BCUT2D eigenvalue weighted by atomic mass is 10.3. The number of anilines is 2. The third-order valence-electron chi connectivity index (χ3n) is 3.80. The van der Waals surface area contributed by atoms with Gasteiger partial charge in [0.2, 0.25) is 0 Å². The summed E-state index contributed by atoms with van der Waals surface area (Å²) in [6, 6.07) is 15.6. The Balaban J connectivity index is 1.39. The van der Waals surface area contributed by atoms with Crippen LogP contribution in [0.1, 0.15) is 0 Å². The van der Waals surface area contributed by atoms with Crippen LogP contribution < -0.4 is 26.0 Å². The minimum Gasteiger partial charge on any atom is -0.457 e. The van der Waals surface area contributed by atoms with Crippen LogP contribution in [0.4, 0.5) is 11.4 Å². The van der Waals surface area contributed by atoms with Crippen LogP contribution in [-0.2, 0) is 0 Å². The molecule has 0 amide bonds. The van der Waals surface area contributed by atoms with Gasteiger partial charge >= 0.3 is 0 Å². The Kier molecular flexibility index (Phi) is 4.37. The van der Waals surface area contributed by atoms with E-state index < -0.39 is 0 Å². The average Bonchev–Trinajstić information content (AvgIpc) is 3.31. The third-order valence-corrected chi connectivity index (χ3v) is 3.80. The monoisotopic (exact) mass is 336 g/mol. The molecule has 0 saturated carbocycles. The summed E-state index contributed by atoms with van der Waals surface area (Å²) in [5, 5.41) is 12.8. The highest BCUT2D eigenvalue weighted by atomic mass is 16.5. The molecule has 0 fully saturated rings. The van der Waals surface area contributed by atoms with Gasteiger partial charge < -0.3 is 26.0 Å². The molecule has 2 heterocycles. The van der Waals surface area contributed by atoms with Crippen molar-refractivity contribution in [1.29, 1.82) is 0 Å². The summed E-state index contributed by atoms with van der Waals surface area (Å²) in [5.74, 6) is 3.17. The minimum absolute atomic E-state index is 0.770. The van der Waals surface area contributed by atoms with Gasteiger partial charge in [-0.1, -0.05) is 6.07 Å². The zero-order chi connectivity index (χ0) is 16.9. The summed E-state index contributed by atoms with van der Waals surface area (Å²) in [6.45, 7) is 3.38. The maximum absolute atomic E-state index is 5.93. The summed E-state index contributed by atoms with van der Waals surface area (Å²) >= 11 is 0. The topological polar surface area (TPSA) is 82.1 Å². The summed E-state index contributed by atoms with van der Waals surface area (Å²) in [6.07, 6.45) is 0. The van der Waals surface area contributed by atoms with Crippen LogP contribution in [-0.4, -0.2) is 38.1 Å². The smallest absolute Gasteiger partial charge is 0.195 e. The maximum atomic E-state index is 5.93. The van der Waals surface area contributed by atoms with E-state index in [9.17, 15) is 0 Å². The van der Waals surface area contributed by atoms with E-state index in [0.29, 0.717) is 0 Å². The van der Waals surface area contributed by atoms with Gasteiger partial charge in [-0.15, -0.1) is 0 Å². The fourth-order valence-electron chi connectivity index (χ4n) is 2.62. The fraction of sp³-hybridized carbons (Fsp3) is 0.222. The molecule has 4 rings (SSSR count). The van der Waals surface area contributed by atoms with Crippen molar-refractivity contribution in [2.75, 3.05) is 36.8 Å². The van der Waals surface area contributed by atoms with Gasteiger partial charge in [-0.05, 0) is 36.4 Å². The van der Waals surface area contributed by atoms with Gasteiger partial charge in [-0.3, -0.25) is 9.98 Å². The second-order valence-corrected chi connectivity index (χ2v) is 5.72. The molecule has 2 aromatic rings. The first-order chi connectivity index (χ1) is 12.3. The quantitative estimate of drug-likeness (QED) is 0.688. The molecule has 0 unspecified atom stereocenters. The minimum atomic E-state index is 0.770. The molecule has 7 heteroatoms. The summed E-state index contributed by atoms with van der Waals surface area (Å²) < 4.78 is 5.93. The van der Waals surface area contributed by atoms with E-state index >= 15 is 0 Å². The van der Waals surface area contributed by atoms with Crippen molar-refractivity contribution >= 4 is 23.3 Å². The molecule has 0 aliphatic carbocycles. The van der Waals surface area contributed by atoms with Crippen LogP contribution in [0.5, 0.6) is 11.5 Å². The highest BCUT2D eigenvalue weighted by Gasteiger charge is 2.07. The molecular formula is C18H20N6O. The number of benzene rings is 2. The maximum Gasteiger partial charge on any atom is 0.195 e. The number of nitrogens with one attached hydrogen (secondary N) is 4. The van der Waals surface area contributed by atoms with Gasteiger partial charge in [0.1, 0.15) is 11.5 Å². The van der Waals surface area contributed by atoms with Crippen LogP contribution >= 0.6 is 0 Å². The number of rotatable bonds is 4. The van der Waals surface area contributed by atoms with Crippen molar-refractivity contribution < 1.29 is 4.74 Å². The van der Waals surface area contributed by atoms with Crippen LogP contribution in [0.3, 0.4) is 0 Å². The standard InChI is InChI=1S/C18H20N6O/c1-2-14(24-18-21-10-11-22-18)12-16(3-1)25-15-6-4-13(5-7-15)23-17-19-8-9-20-17/h1-7,12H,8-11H2,(H2,19,20,23)(H2,21,22,24). The van der Waals surface area contributed by atoms with Gasteiger partial charge in [-0.2, -0.15) is 0 Å². The lowest BCUT2D eigenvalue weighted by Gasteiger charge is -2.11. The molecule has 0 saturated heterocycles. The fourth-order valence-corrected chi connectivity index (χ4v) is 2.62. The summed E-state index contributed by atoms with van der Waals surface area (Å²) in [7, 11) is 0. The predicted molar refractivity (Wildman–Crippen MR) is 101 cm³/mol. The van der Waals surface area contributed by atoms with Gasteiger partial charge in [-0.25, -0.2) is 0 Å². The van der Waals surface area contributed by atoms with Gasteiger partial charge in [0, 0.05) is 30.5 Å². The van der Waals surface area contributed by atoms with Crippen LogP contribution in [0.15, 0.2) is 58.5 Å². The Hall–Kier alpha value is -3.22. The largest absolute Gasteiger partial charge is 0.457 e. The van der Waals surface area contributed by atoms with Crippen molar-refractivity contribution in [2.24, 2.45) is 9.98 Å². The van der Waals surface area contributed by atoms with Crippen molar-refractivity contribution in [3.05, 3.63) is 48.5 Å². The molecule has 0 aromatic heterocycles. The van der Waals surface area contributed by atoms with Crippen molar-refractivity contribution in [2.45, 2.75) is 0 Å². The van der Waals surface area contributed by atoms with Crippen molar-refractivity contribution in [3.63, 3.8) is 0 Å². The Morgan fingerprint density at radius 1 is 0.760 bits per heavy atom. The molecule has 4 N–H and O–H groups in total. The number of guanidine groups is 2. The average molecular weight is 336 g/mol. The molecule has 25 heavy (non-hydrogen) atoms. The zero-order valence-electron chi connectivity index (χ0n) is 13.7. The first kappa shape index (κ1) is 15.3. The molecule has 0 bridgehead atoms. The lowest BCUT2D eigenvalue weighted by Crippen LogP contribution is -2.26. The molecular weight excluding hydrogens is 316 g/mol. The van der Waals surface area contributed by atoms with E-state index in [1.807, 2.05) is 48.5 Å². The van der Waals surface area contributed by atoms with Gasteiger partial charge in [0.25, 0.3) is 0 Å². The lowest BCUT2D eigenvalue weighted by molar-refractivity contribution is 0.483. The number of ether oxygens (including phenoxy) is 1. The molecule has 0 spiro atoms. The van der Waals surface area contributed by atoms with Crippen LogP contribution in [0, 0.1) is 0 Å². The Morgan fingerprint density at radius 3 is 2.08 bits per heavy atom. The SMILES string of the molecule is c1cc(NC2=NCCN2)cc(Oc2ccc(NC3=NCCN3)cc2)c1. The molecule has 2 aliphatic rings. The molecule has 2 aliphatic heterocycles. The van der Waals surface area contributed by atoms with Crippen LogP contribution in [0.25, 0.3) is 0 Å². The first-order valence-corrected chi connectivity index (χ1v) is 8.34. The first-order valence-electron chi connectivity index (χ1n) is 8.34. The predicted octanol–water partition coefficient (Wildman–Crippen LogP) is 2.22. The van der Waals surface area contributed by atoms with Crippen molar-refractivity contribution in [3.8, 4) is 11.5 Å². The number of aliphatic imine (C=N–C) groups is 2. The van der Waals surface area contributed by atoms with Gasteiger partial charge in [0.15, 0.2) is 11.9 Å². The number of nitrogens with zero attached hydrogens (tertiary/aromatic N) is 2. The number of hydrogen-bond donors (Lipinski definition) is 4. The van der Waals surface area contributed by atoms with Crippen LogP contribution in [0.2, 0.25) is 0 Å². The third kappa shape index (κ3) is 4.00. The van der Waals surface area contributed by atoms with E-state index in [-0.39, 0.29) is 0 Å². The van der Waals surface area contributed by atoms with E-state index in [4.69, 9.17) is 4.74 Å². The Bertz CT molecular complexity index is 799. The van der Waals surface area contributed by atoms with E-state index in [1.165, 1.54) is 0 Å². The Morgan fingerprint density at radius 2 is 1.44 bits per heavy atom. The second kappa shape index (κ2) is 7.12. The molecule has 7 nitrogen and oxygen atoms in total. The summed E-state index contributed by atoms with van der Waals surface area (Å²) in [4.78, 5) is 8.64. The highest BCUT2D eigenvalue weighted by molar-refractivity contribution is 5.95. The molecule has 2 aromatic carbocycles. The van der Waals surface area contributed by atoms with Gasteiger partial charge in [0.05, 0.1) is 13.1 Å². The van der Waals surface area contributed by atoms with E-state index in [1.54, 1.807) is 0 Å². The van der Waals surface area contributed by atoms with E-state index in [2.05, 4.69) is 31.3 Å². The summed E-state index contributed by atoms with van der Waals surface area (Å²) in [5.41, 5.74) is 1.91. The normalized spacial score (nSPS) is 15.7. The second-order valence-electron chi connectivity index (χ2n) is 5.72. The molecule has 128 valence electrons. The number of hydrogen-bond acceptors (Lipinski definition) is 7. The molecule has 0 radical (unpaired) electrons. The molecule has 0 atom stereocenters. The zero-order valence-corrected chi connectivity index (χ0v) is 13.7.